The third-order valence-electron chi connectivity index (χ3n) is 2.44. The van der Waals surface area contributed by atoms with E-state index in [0.29, 0.717) is 31.9 Å². The molecule has 0 aliphatic rings. The lowest BCUT2D eigenvalue weighted by Crippen LogP contribution is -2.25. The topological polar surface area (TPSA) is 84.9 Å². The van der Waals surface area contributed by atoms with Crippen LogP contribution in [0.2, 0.25) is 0 Å². The summed E-state index contributed by atoms with van der Waals surface area (Å²) in [4.78, 5) is 0.206. The van der Waals surface area contributed by atoms with Crippen molar-refractivity contribution in [1.82, 2.24) is 4.72 Å². The van der Waals surface area contributed by atoms with E-state index in [0.717, 1.165) is 0 Å². The van der Waals surface area contributed by atoms with Gasteiger partial charge in [0.25, 0.3) is 0 Å². The van der Waals surface area contributed by atoms with Gasteiger partial charge in [0.05, 0.1) is 24.7 Å². The molecule has 0 aliphatic carbocycles. The molecule has 0 spiro atoms. The van der Waals surface area contributed by atoms with Crippen LogP contribution in [0.1, 0.15) is 13.3 Å². The Morgan fingerprint density at radius 3 is 2.50 bits per heavy atom. The van der Waals surface area contributed by atoms with Gasteiger partial charge in [-0.25, -0.2) is 13.1 Å². The summed E-state index contributed by atoms with van der Waals surface area (Å²) in [5, 5.41) is 8.51. The summed E-state index contributed by atoms with van der Waals surface area (Å²) in [5.74, 6) is 0.642. The van der Waals surface area contributed by atoms with Crippen LogP contribution >= 0.6 is 0 Å². The Kier molecular flexibility index (Phi) is 7.53. The Morgan fingerprint density at radius 1 is 1.20 bits per heavy atom. The highest BCUT2D eigenvalue weighted by atomic mass is 32.2. The first-order valence-electron chi connectivity index (χ1n) is 6.51. The monoisotopic (exact) mass is 303 g/mol. The van der Waals surface area contributed by atoms with E-state index in [9.17, 15) is 8.42 Å². The first kappa shape index (κ1) is 16.9. The fourth-order valence-electron chi connectivity index (χ4n) is 1.51. The van der Waals surface area contributed by atoms with E-state index in [2.05, 4.69) is 4.72 Å². The highest BCUT2D eigenvalue weighted by Gasteiger charge is 2.12. The van der Waals surface area contributed by atoms with Gasteiger partial charge in [-0.05, 0) is 37.6 Å². The van der Waals surface area contributed by atoms with Crippen molar-refractivity contribution in [3.63, 3.8) is 0 Å². The van der Waals surface area contributed by atoms with Gasteiger partial charge in [0, 0.05) is 13.2 Å². The highest BCUT2D eigenvalue weighted by Crippen LogP contribution is 2.15. The third kappa shape index (κ3) is 5.87. The summed E-state index contributed by atoms with van der Waals surface area (Å²) in [5.41, 5.74) is 0. The fourth-order valence-corrected chi connectivity index (χ4v) is 2.59. The number of nitrogens with one attached hydrogen (secondary N) is 1. The SMILES string of the molecule is CCOc1ccc(S(=O)(=O)NCCCOCCO)cc1. The van der Waals surface area contributed by atoms with Crippen LogP contribution in [0.4, 0.5) is 0 Å². The summed E-state index contributed by atoms with van der Waals surface area (Å²) in [6, 6.07) is 6.27. The summed E-state index contributed by atoms with van der Waals surface area (Å²) < 4.78 is 36.7. The zero-order valence-corrected chi connectivity index (χ0v) is 12.4. The molecule has 1 rings (SSSR count). The minimum atomic E-state index is -3.50. The van der Waals surface area contributed by atoms with Crippen molar-refractivity contribution in [2.75, 3.05) is 33.0 Å². The second-order valence-electron chi connectivity index (χ2n) is 3.99. The summed E-state index contributed by atoms with van der Waals surface area (Å²) in [6.45, 7) is 3.35. The van der Waals surface area contributed by atoms with E-state index in [1.165, 1.54) is 12.1 Å². The number of aliphatic hydroxyl groups excluding tert-OH is 1. The molecule has 0 aliphatic heterocycles. The molecule has 0 amide bonds. The lowest BCUT2D eigenvalue weighted by Gasteiger charge is -2.08. The van der Waals surface area contributed by atoms with Crippen molar-refractivity contribution >= 4 is 10.0 Å². The van der Waals surface area contributed by atoms with Gasteiger partial charge in [0.15, 0.2) is 0 Å². The summed E-state index contributed by atoms with van der Waals surface area (Å²) >= 11 is 0. The Balaban J connectivity index is 2.43. The molecular formula is C13H21NO5S. The minimum Gasteiger partial charge on any atom is -0.494 e. The van der Waals surface area contributed by atoms with Crippen molar-refractivity contribution in [1.29, 1.82) is 0 Å². The van der Waals surface area contributed by atoms with E-state index in [-0.39, 0.29) is 18.1 Å². The van der Waals surface area contributed by atoms with Crippen LogP contribution in [0.5, 0.6) is 5.75 Å². The van der Waals surface area contributed by atoms with Crippen molar-refractivity contribution in [2.24, 2.45) is 0 Å². The van der Waals surface area contributed by atoms with Crippen molar-refractivity contribution < 1.29 is 23.0 Å². The second-order valence-corrected chi connectivity index (χ2v) is 5.76. The molecule has 2 N–H and O–H groups in total. The fraction of sp³-hybridized carbons (Fsp3) is 0.538. The van der Waals surface area contributed by atoms with Gasteiger partial charge in [-0.15, -0.1) is 0 Å². The van der Waals surface area contributed by atoms with Gasteiger partial charge < -0.3 is 14.6 Å². The molecule has 0 bridgehead atoms. The average molecular weight is 303 g/mol. The van der Waals surface area contributed by atoms with Gasteiger partial charge in [-0.1, -0.05) is 0 Å². The van der Waals surface area contributed by atoms with Crippen LogP contribution in [0.25, 0.3) is 0 Å². The number of sulfonamides is 1. The number of rotatable bonds is 10. The Bertz CT molecular complexity index is 472. The predicted molar refractivity (Wildman–Crippen MR) is 75.3 cm³/mol. The maximum atomic E-state index is 12.0. The largest absolute Gasteiger partial charge is 0.494 e. The number of hydrogen-bond donors (Lipinski definition) is 2. The van der Waals surface area contributed by atoms with Gasteiger partial charge >= 0.3 is 0 Å². The molecule has 0 fully saturated rings. The molecular weight excluding hydrogens is 282 g/mol. The molecule has 114 valence electrons. The third-order valence-corrected chi connectivity index (χ3v) is 3.92. The maximum Gasteiger partial charge on any atom is 0.240 e. The number of benzene rings is 1. The van der Waals surface area contributed by atoms with Gasteiger partial charge in [-0.3, -0.25) is 0 Å². The van der Waals surface area contributed by atoms with Crippen LogP contribution in [0.3, 0.4) is 0 Å². The molecule has 20 heavy (non-hydrogen) atoms. The molecule has 0 radical (unpaired) electrons. The first-order chi connectivity index (χ1) is 9.60. The van der Waals surface area contributed by atoms with Crippen molar-refractivity contribution in [2.45, 2.75) is 18.2 Å². The molecule has 0 heterocycles. The lowest BCUT2D eigenvalue weighted by atomic mass is 10.3. The molecule has 1 aromatic rings. The smallest absolute Gasteiger partial charge is 0.240 e. The van der Waals surface area contributed by atoms with Gasteiger partial charge in [0.2, 0.25) is 10.0 Å². The quantitative estimate of drug-likeness (QED) is 0.623. The number of ether oxygens (including phenoxy) is 2. The van der Waals surface area contributed by atoms with Crippen LogP contribution in [-0.4, -0.2) is 46.5 Å². The maximum absolute atomic E-state index is 12.0. The van der Waals surface area contributed by atoms with E-state index in [4.69, 9.17) is 14.6 Å². The Hall–Kier alpha value is -1.15. The van der Waals surface area contributed by atoms with Gasteiger partial charge in [-0.2, -0.15) is 0 Å². The summed E-state index contributed by atoms with van der Waals surface area (Å²) in [7, 11) is -3.50. The zero-order chi connectivity index (χ0) is 14.8. The van der Waals surface area contributed by atoms with Gasteiger partial charge in [0.1, 0.15) is 5.75 Å². The first-order valence-corrected chi connectivity index (χ1v) is 7.99. The molecule has 0 saturated carbocycles. The lowest BCUT2D eigenvalue weighted by molar-refractivity contribution is 0.0913. The average Bonchev–Trinajstić information content (AvgIpc) is 2.44. The van der Waals surface area contributed by atoms with Crippen LogP contribution in [-0.2, 0) is 14.8 Å². The van der Waals surface area contributed by atoms with E-state index >= 15 is 0 Å². The van der Waals surface area contributed by atoms with E-state index in [1.807, 2.05) is 6.92 Å². The second kappa shape index (κ2) is 8.91. The molecule has 6 nitrogen and oxygen atoms in total. The normalized spacial score (nSPS) is 11.5. The minimum absolute atomic E-state index is 0.0299. The molecule has 1 aromatic carbocycles. The molecule has 0 aromatic heterocycles. The number of aliphatic hydroxyl groups is 1. The van der Waals surface area contributed by atoms with E-state index in [1.54, 1.807) is 12.1 Å². The standard InChI is InChI=1S/C13H21NO5S/c1-2-19-12-4-6-13(7-5-12)20(16,17)14-8-3-10-18-11-9-15/h4-7,14-15H,2-3,8-11H2,1H3. The Morgan fingerprint density at radius 2 is 1.90 bits per heavy atom. The summed E-state index contributed by atoms with van der Waals surface area (Å²) in [6.07, 6.45) is 0.552. The molecule has 0 unspecified atom stereocenters. The number of hydrogen-bond acceptors (Lipinski definition) is 5. The Labute approximate surface area is 119 Å². The predicted octanol–water partition coefficient (Wildman–Crippen LogP) is 0.763. The molecule has 0 atom stereocenters. The molecule has 0 saturated heterocycles. The molecule has 7 heteroatoms. The van der Waals surface area contributed by atoms with Crippen molar-refractivity contribution in [3.8, 4) is 5.75 Å². The highest BCUT2D eigenvalue weighted by molar-refractivity contribution is 7.89. The van der Waals surface area contributed by atoms with Crippen LogP contribution < -0.4 is 9.46 Å². The zero-order valence-electron chi connectivity index (χ0n) is 11.5. The van der Waals surface area contributed by atoms with Crippen LogP contribution in [0, 0.1) is 0 Å². The van der Waals surface area contributed by atoms with E-state index < -0.39 is 10.0 Å². The van der Waals surface area contributed by atoms with Crippen molar-refractivity contribution in [3.05, 3.63) is 24.3 Å². The van der Waals surface area contributed by atoms with Crippen LogP contribution in [0.15, 0.2) is 29.2 Å².